The van der Waals surface area contributed by atoms with Crippen LogP contribution in [-0.2, 0) is 4.79 Å². The highest BCUT2D eigenvalue weighted by Crippen LogP contribution is 2.29. The highest BCUT2D eigenvalue weighted by atomic mass is 16.6. The molecule has 1 N–H and O–H groups in total. The largest absolute Gasteiger partial charge is 0.354 e. The van der Waals surface area contributed by atoms with Crippen LogP contribution in [0.1, 0.15) is 18.4 Å². The number of nitro groups is 1. The van der Waals surface area contributed by atoms with E-state index < -0.39 is 4.92 Å². The zero-order chi connectivity index (χ0) is 21.1. The number of hydrogen-bond donors (Lipinski definition) is 1. The van der Waals surface area contributed by atoms with Crippen LogP contribution in [0.2, 0.25) is 0 Å². The summed E-state index contributed by atoms with van der Waals surface area (Å²) >= 11 is 0. The lowest BCUT2D eigenvalue weighted by molar-refractivity contribution is -0.384. The van der Waals surface area contributed by atoms with Gasteiger partial charge in [-0.15, -0.1) is 10.2 Å². The zero-order valence-electron chi connectivity index (χ0n) is 16.4. The summed E-state index contributed by atoms with van der Waals surface area (Å²) in [4.78, 5) is 25.7. The molecule has 30 heavy (non-hydrogen) atoms. The van der Waals surface area contributed by atoms with Gasteiger partial charge in [0.05, 0.1) is 10.8 Å². The molecule has 0 aliphatic carbocycles. The van der Waals surface area contributed by atoms with Crippen LogP contribution >= 0.6 is 0 Å². The first-order valence-electron chi connectivity index (χ1n) is 9.66. The number of hydrogen-bond acceptors (Lipinski definition) is 7. The van der Waals surface area contributed by atoms with Crippen LogP contribution in [0, 0.1) is 23.0 Å². The van der Waals surface area contributed by atoms with Gasteiger partial charge in [0.15, 0.2) is 11.6 Å². The summed E-state index contributed by atoms with van der Waals surface area (Å²) in [6.45, 7) is 2.98. The van der Waals surface area contributed by atoms with Crippen LogP contribution in [0.15, 0.2) is 48.8 Å². The molecule has 10 nitrogen and oxygen atoms in total. The van der Waals surface area contributed by atoms with Gasteiger partial charge in [-0.3, -0.25) is 14.9 Å². The van der Waals surface area contributed by atoms with E-state index in [9.17, 15) is 14.9 Å². The average molecular weight is 407 g/mol. The molecule has 1 fully saturated rings. The topological polar surface area (TPSA) is 119 Å². The van der Waals surface area contributed by atoms with Crippen molar-refractivity contribution in [1.29, 1.82) is 0 Å². The first-order chi connectivity index (χ1) is 14.5. The number of amides is 1. The maximum Gasteiger partial charge on any atom is 0.293 e. The van der Waals surface area contributed by atoms with Gasteiger partial charge >= 0.3 is 0 Å². The predicted molar refractivity (Wildman–Crippen MR) is 111 cm³/mol. The summed E-state index contributed by atoms with van der Waals surface area (Å²) < 4.78 is 1.62. The molecule has 10 heteroatoms. The number of anilines is 2. The molecule has 1 unspecified atom stereocenters. The van der Waals surface area contributed by atoms with Gasteiger partial charge < -0.3 is 10.2 Å². The van der Waals surface area contributed by atoms with Crippen molar-refractivity contribution in [2.45, 2.75) is 19.8 Å². The van der Waals surface area contributed by atoms with Gasteiger partial charge in [-0.1, -0.05) is 12.1 Å². The number of carbonyl (C=O) groups excluding carboxylic acids is 1. The predicted octanol–water partition coefficient (Wildman–Crippen LogP) is 2.73. The first-order valence-corrected chi connectivity index (χ1v) is 9.66. The molecule has 2 aromatic heterocycles. The van der Waals surface area contributed by atoms with E-state index in [1.54, 1.807) is 36.1 Å². The monoisotopic (exact) mass is 407 g/mol. The number of rotatable bonds is 5. The standard InChI is InChI=1S/C20H21N7O3/c1-14-5-2-7-16(27(29)30)19(14)22-20(28)15-6-3-11-25(13-15)17-8-9-18(24-23-17)26-12-4-10-21-26/h2,4-5,7-10,12,15H,3,6,11,13H2,1H3,(H,22,28). The summed E-state index contributed by atoms with van der Waals surface area (Å²) in [5.74, 6) is 0.774. The number of nitrogens with zero attached hydrogens (tertiary/aromatic N) is 6. The van der Waals surface area contributed by atoms with Gasteiger partial charge in [0, 0.05) is 31.5 Å². The van der Waals surface area contributed by atoms with E-state index in [-0.39, 0.29) is 23.2 Å². The van der Waals surface area contributed by atoms with Crippen LogP contribution in [0.4, 0.5) is 17.2 Å². The Hall–Kier alpha value is -3.82. The Balaban J connectivity index is 1.47. The summed E-state index contributed by atoms with van der Waals surface area (Å²) in [5.41, 5.74) is 0.814. The van der Waals surface area contributed by atoms with Crippen molar-refractivity contribution in [3.05, 3.63) is 64.5 Å². The third kappa shape index (κ3) is 3.97. The number of carbonyl (C=O) groups is 1. The molecule has 1 aliphatic rings. The smallest absolute Gasteiger partial charge is 0.293 e. The molecule has 1 aliphatic heterocycles. The molecule has 154 valence electrons. The van der Waals surface area contributed by atoms with Gasteiger partial charge in [0.2, 0.25) is 5.91 Å². The van der Waals surface area contributed by atoms with Gasteiger partial charge in [-0.25, -0.2) is 4.68 Å². The minimum Gasteiger partial charge on any atom is -0.354 e. The highest BCUT2D eigenvalue weighted by molar-refractivity contribution is 5.96. The molecule has 1 aromatic carbocycles. The SMILES string of the molecule is Cc1cccc([N+](=O)[O-])c1NC(=O)C1CCCN(c2ccc(-n3cccn3)nn2)C1. The van der Waals surface area contributed by atoms with Crippen LogP contribution in [0.25, 0.3) is 5.82 Å². The minimum absolute atomic E-state index is 0.101. The number of aryl methyl sites for hydroxylation is 1. The Labute approximate surface area is 172 Å². The van der Waals surface area contributed by atoms with E-state index in [1.807, 2.05) is 23.1 Å². The fraction of sp³-hybridized carbons (Fsp3) is 0.300. The lowest BCUT2D eigenvalue weighted by Crippen LogP contribution is -2.41. The molecular weight excluding hydrogens is 386 g/mol. The zero-order valence-corrected chi connectivity index (χ0v) is 16.4. The van der Waals surface area contributed by atoms with E-state index in [4.69, 9.17) is 0 Å². The molecule has 3 aromatic rings. The van der Waals surface area contributed by atoms with Crippen molar-refractivity contribution in [2.24, 2.45) is 5.92 Å². The Morgan fingerprint density at radius 2 is 2.00 bits per heavy atom. The van der Waals surface area contributed by atoms with Crippen LogP contribution < -0.4 is 10.2 Å². The van der Waals surface area contributed by atoms with E-state index >= 15 is 0 Å². The van der Waals surface area contributed by atoms with Crippen LogP contribution in [0.3, 0.4) is 0 Å². The molecular formula is C20H21N7O3. The lowest BCUT2D eigenvalue weighted by Gasteiger charge is -2.32. The number of nitro benzene ring substituents is 1. The van der Waals surface area contributed by atoms with E-state index in [0.717, 1.165) is 13.0 Å². The van der Waals surface area contributed by atoms with Gasteiger partial charge in [0.25, 0.3) is 5.69 Å². The Kier molecular flexibility index (Phi) is 5.38. The third-order valence-corrected chi connectivity index (χ3v) is 5.19. The van der Waals surface area contributed by atoms with Crippen molar-refractivity contribution < 1.29 is 9.72 Å². The Morgan fingerprint density at radius 3 is 2.70 bits per heavy atom. The Morgan fingerprint density at radius 1 is 1.20 bits per heavy atom. The average Bonchev–Trinajstić information content (AvgIpc) is 3.30. The normalized spacial score (nSPS) is 16.3. The van der Waals surface area contributed by atoms with E-state index in [2.05, 4.69) is 20.6 Å². The van der Waals surface area contributed by atoms with E-state index in [1.165, 1.54) is 6.07 Å². The molecule has 3 heterocycles. The summed E-state index contributed by atoms with van der Waals surface area (Å²) in [5, 5.41) is 26.7. The number of aromatic nitrogens is 4. The number of para-hydroxylation sites is 1. The van der Waals surface area contributed by atoms with Crippen LogP contribution in [-0.4, -0.2) is 43.9 Å². The van der Waals surface area contributed by atoms with Crippen molar-refractivity contribution >= 4 is 23.1 Å². The van der Waals surface area contributed by atoms with Crippen LogP contribution in [0.5, 0.6) is 0 Å². The van der Waals surface area contributed by atoms with Gasteiger partial charge in [0.1, 0.15) is 5.69 Å². The van der Waals surface area contributed by atoms with Gasteiger partial charge in [-0.2, -0.15) is 5.10 Å². The molecule has 1 saturated heterocycles. The molecule has 0 saturated carbocycles. The molecule has 0 radical (unpaired) electrons. The second-order valence-electron chi connectivity index (χ2n) is 7.20. The summed E-state index contributed by atoms with van der Waals surface area (Å²) in [7, 11) is 0. The second kappa shape index (κ2) is 8.27. The molecule has 0 spiro atoms. The van der Waals surface area contributed by atoms with E-state index in [0.29, 0.717) is 30.2 Å². The second-order valence-corrected chi connectivity index (χ2v) is 7.20. The fourth-order valence-corrected chi connectivity index (χ4v) is 3.60. The van der Waals surface area contributed by atoms with Gasteiger partial charge in [-0.05, 0) is 43.5 Å². The van der Waals surface area contributed by atoms with Crippen molar-refractivity contribution in [3.8, 4) is 5.82 Å². The molecule has 1 atom stereocenters. The maximum atomic E-state index is 12.9. The molecule has 0 bridgehead atoms. The number of benzene rings is 1. The summed E-state index contributed by atoms with van der Waals surface area (Å²) in [6.07, 6.45) is 4.98. The number of nitrogens with one attached hydrogen (secondary N) is 1. The van der Waals surface area contributed by atoms with Crippen molar-refractivity contribution in [2.75, 3.05) is 23.3 Å². The minimum atomic E-state index is -0.480. The third-order valence-electron chi connectivity index (χ3n) is 5.19. The molecule has 4 rings (SSSR count). The number of piperidine rings is 1. The lowest BCUT2D eigenvalue weighted by atomic mass is 9.96. The van der Waals surface area contributed by atoms with Crippen molar-refractivity contribution in [3.63, 3.8) is 0 Å². The molecule has 1 amide bonds. The maximum absolute atomic E-state index is 12.9. The van der Waals surface area contributed by atoms with Crippen molar-refractivity contribution in [1.82, 2.24) is 20.0 Å². The Bertz CT molecular complexity index is 1050. The quantitative estimate of drug-likeness (QED) is 0.510. The summed E-state index contributed by atoms with van der Waals surface area (Å²) in [6, 6.07) is 10.2. The first kappa shape index (κ1) is 19.5. The fourth-order valence-electron chi connectivity index (χ4n) is 3.60. The highest BCUT2D eigenvalue weighted by Gasteiger charge is 2.28.